The first kappa shape index (κ1) is 23.6. The predicted molar refractivity (Wildman–Crippen MR) is 125 cm³/mol. The second kappa shape index (κ2) is 11.5. The van der Waals surface area contributed by atoms with Gasteiger partial charge in [-0.15, -0.1) is 0 Å². The van der Waals surface area contributed by atoms with E-state index in [4.69, 9.17) is 15.9 Å². The van der Waals surface area contributed by atoms with Crippen LogP contribution in [0.2, 0.25) is 0 Å². The lowest BCUT2D eigenvalue weighted by Crippen LogP contribution is -2.22. The standard InChI is InChI=1S/C23H31N3O3S/c1-4-6-17-13-15(5-2)14-19(21(17)29-11-12-30-3)20(23(27)28)26-18-9-7-16(8-10-18)22(24)25/h7-10,13-14,20,26H,4-6,11-12H2,1-3H3,(H3,24,25)(H,27,28)/t20-/m1/s1. The predicted octanol–water partition coefficient (Wildman–Crippen LogP) is 4.47. The van der Waals surface area contributed by atoms with Gasteiger partial charge in [-0.1, -0.05) is 26.3 Å². The molecular formula is C23H31N3O3S. The molecule has 5 N–H and O–H groups in total. The Bertz CT molecular complexity index is 869. The summed E-state index contributed by atoms with van der Waals surface area (Å²) >= 11 is 1.69. The molecule has 2 aromatic rings. The van der Waals surface area contributed by atoms with Gasteiger partial charge in [0, 0.05) is 22.6 Å². The third-order valence-electron chi connectivity index (χ3n) is 4.78. The van der Waals surface area contributed by atoms with Gasteiger partial charge < -0.3 is 20.9 Å². The number of thioether (sulfide) groups is 1. The number of hydrogen-bond acceptors (Lipinski definition) is 5. The molecular weight excluding hydrogens is 398 g/mol. The number of anilines is 1. The number of ether oxygens (including phenoxy) is 1. The Hall–Kier alpha value is -2.67. The number of amidine groups is 1. The van der Waals surface area contributed by atoms with Gasteiger partial charge in [0.05, 0.1) is 6.61 Å². The van der Waals surface area contributed by atoms with Gasteiger partial charge in [-0.2, -0.15) is 11.8 Å². The van der Waals surface area contributed by atoms with Crippen molar-refractivity contribution in [3.63, 3.8) is 0 Å². The number of hydrogen-bond donors (Lipinski definition) is 4. The van der Waals surface area contributed by atoms with Gasteiger partial charge in [0.1, 0.15) is 11.6 Å². The van der Waals surface area contributed by atoms with E-state index in [-0.39, 0.29) is 5.84 Å². The molecule has 1 atom stereocenters. The molecule has 0 aliphatic carbocycles. The molecule has 0 fully saturated rings. The average molecular weight is 430 g/mol. The van der Waals surface area contributed by atoms with Crippen molar-refractivity contribution in [1.82, 2.24) is 0 Å². The smallest absolute Gasteiger partial charge is 0.330 e. The van der Waals surface area contributed by atoms with Crippen LogP contribution in [0, 0.1) is 5.41 Å². The van der Waals surface area contributed by atoms with E-state index < -0.39 is 12.0 Å². The number of nitrogen functional groups attached to an aromatic ring is 1. The van der Waals surface area contributed by atoms with Gasteiger partial charge in [0.15, 0.2) is 6.04 Å². The molecule has 0 aliphatic rings. The van der Waals surface area contributed by atoms with Crippen molar-refractivity contribution in [2.75, 3.05) is 23.9 Å². The van der Waals surface area contributed by atoms with E-state index in [1.54, 1.807) is 36.0 Å². The lowest BCUT2D eigenvalue weighted by Gasteiger charge is -2.23. The fourth-order valence-electron chi connectivity index (χ4n) is 3.24. The summed E-state index contributed by atoms with van der Waals surface area (Å²) in [6.07, 6.45) is 4.61. The Morgan fingerprint density at radius 3 is 2.50 bits per heavy atom. The molecule has 6 nitrogen and oxygen atoms in total. The minimum atomic E-state index is -0.976. The minimum Gasteiger partial charge on any atom is -0.492 e. The van der Waals surface area contributed by atoms with Crippen LogP contribution < -0.4 is 15.8 Å². The Kier molecular flexibility index (Phi) is 9.05. The van der Waals surface area contributed by atoms with Crippen LogP contribution in [0.3, 0.4) is 0 Å². The molecule has 0 saturated heterocycles. The molecule has 30 heavy (non-hydrogen) atoms. The molecule has 0 amide bonds. The first-order valence-corrected chi connectivity index (χ1v) is 11.5. The largest absolute Gasteiger partial charge is 0.492 e. The Morgan fingerprint density at radius 1 is 1.27 bits per heavy atom. The zero-order valence-corrected chi connectivity index (χ0v) is 18.6. The number of carbonyl (C=O) groups is 1. The van der Waals surface area contributed by atoms with Crippen LogP contribution in [0.4, 0.5) is 5.69 Å². The molecule has 0 unspecified atom stereocenters. The first-order chi connectivity index (χ1) is 14.4. The zero-order valence-electron chi connectivity index (χ0n) is 17.8. The summed E-state index contributed by atoms with van der Waals surface area (Å²) in [6.45, 7) is 4.69. The quantitative estimate of drug-likeness (QED) is 0.225. The molecule has 0 aromatic heterocycles. The Morgan fingerprint density at radius 2 is 1.97 bits per heavy atom. The van der Waals surface area contributed by atoms with Gasteiger partial charge in [0.25, 0.3) is 0 Å². The van der Waals surface area contributed by atoms with Gasteiger partial charge in [-0.25, -0.2) is 4.79 Å². The minimum absolute atomic E-state index is 0.0272. The van der Waals surface area contributed by atoms with Crippen LogP contribution in [-0.4, -0.2) is 35.5 Å². The molecule has 0 spiro atoms. The lowest BCUT2D eigenvalue weighted by molar-refractivity contribution is -0.138. The highest BCUT2D eigenvalue weighted by molar-refractivity contribution is 7.98. The van der Waals surface area contributed by atoms with Crippen molar-refractivity contribution in [3.8, 4) is 5.75 Å². The van der Waals surface area contributed by atoms with E-state index >= 15 is 0 Å². The number of carboxylic acids is 1. The van der Waals surface area contributed by atoms with Gasteiger partial charge in [0.2, 0.25) is 0 Å². The highest BCUT2D eigenvalue weighted by Gasteiger charge is 2.26. The van der Waals surface area contributed by atoms with Gasteiger partial charge >= 0.3 is 5.97 Å². The fourth-order valence-corrected chi connectivity index (χ4v) is 3.49. The van der Waals surface area contributed by atoms with E-state index in [0.29, 0.717) is 29.2 Å². The number of aryl methyl sites for hydroxylation is 2. The number of nitrogens with two attached hydrogens (primary N) is 1. The van der Waals surface area contributed by atoms with E-state index in [1.165, 1.54) is 0 Å². The second-order valence-electron chi connectivity index (χ2n) is 7.02. The summed E-state index contributed by atoms with van der Waals surface area (Å²) in [5.74, 6) is 0.498. The summed E-state index contributed by atoms with van der Waals surface area (Å²) in [5.41, 5.74) is 9.52. The molecule has 2 rings (SSSR count). The normalized spacial score (nSPS) is 11.7. The maximum Gasteiger partial charge on any atom is 0.330 e. The number of carboxylic acid groups (broad SMARTS) is 1. The van der Waals surface area contributed by atoms with Crippen molar-refractivity contribution in [3.05, 3.63) is 58.7 Å². The summed E-state index contributed by atoms with van der Waals surface area (Å²) in [6, 6.07) is 9.97. The zero-order chi connectivity index (χ0) is 22.1. The lowest BCUT2D eigenvalue weighted by atomic mass is 9.95. The van der Waals surface area contributed by atoms with E-state index in [9.17, 15) is 9.90 Å². The summed E-state index contributed by atoms with van der Waals surface area (Å²) < 4.78 is 6.11. The summed E-state index contributed by atoms with van der Waals surface area (Å²) in [7, 11) is 0. The highest BCUT2D eigenvalue weighted by Crippen LogP contribution is 2.34. The van der Waals surface area contributed by atoms with Crippen molar-refractivity contribution in [2.24, 2.45) is 5.73 Å². The topological polar surface area (TPSA) is 108 Å². The van der Waals surface area contributed by atoms with Crippen molar-refractivity contribution < 1.29 is 14.6 Å². The maximum absolute atomic E-state index is 12.3. The molecule has 0 heterocycles. The molecule has 0 aliphatic heterocycles. The number of benzene rings is 2. The number of rotatable bonds is 12. The van der Waals surface area contributed by atoms with Crippen molar-refractivity contribution in [2.45, 2.75) is 39.2 Å². The average Bonchev–Trinajstić information content (AvgIpc) is 2.73. The maximum atomic E-state index is 12.3. The summed E-state index contributed by atoms with van der Waals surface area (Å²) in [5, 5.41) is 20.7. The van der Waals surface area contributed by atoms with E-state index in [1.807, 2.05) is 12.3 Å². The van der Waals surface area contributed by atoms with Crippen LogP contribution in [0.5, 0.6) is 5.75 Å². The fraction of sp³-hybridized carbons (Fsp3) is 0.391. The SMILES string of the molecule is CCCc1cc(CC)cc([C@@H](Nc2ccc(C(=N)N)cc2)C(=O)O)c1OCCSC. The molecule has 2 aromatic carbocycles. The van der Waals surface area contributed by atoms with Crippen molar-refractivity contribution >= 4 is 29.3 Å². The van der Waals surface area contributed by atoms with Crippen LogP contribution in [0.1, 0.15) is 48.6 Å². The highest BCUT2D eigenvalue weighted by atomic mass is 32.2. The second-order valence-corrected chi connectivity index (χ2v) is 8.01. The van der Waals surface area contributed by atoms with E-state index in [2.05, 4.69) is 25.2 Å². The molecule has 0 radical (unpaired) electrons. The van der Waals surface area contributed by atoms with Gasteiger partial charge in [-0.05, 0) is 60.6 Å². The van der Waals surface area contributed by atoms with Crippen molar-refractivity contribution in [1.29, 1.82) is 5.41 Å². The van der Waals surface area contributed by atoms with Crippen LogP contribution >= 0.6 is 11.8 Å². The Labute approximate surface area is 182 Å². The monoisotopic (exact) mass is 429 g/mol. The van der Waals surface area contributed by atoms with Crippen LogP contribution in [0.15, 0.2) is 36.4 Å². The third kappa shape index (κ3) is 6.16. The summed E-state index contributed by atoms with van der Waals surface area (Å²) in [4.78, 5) is 12.3. The van der Waals surface area contributed by atoms with Crippen LogP contribution in [-0.2, 0) is 17.6 Å². The molecule has 162 valence electrons. The van der Waals surface area contributed by atoms with E-state index in [0.717, 1.165) is 36.1 Å². The third-order valence-corrected chi connectivity index (χ3v) is 5.36. The number of aliphatic carboxylic acids is 1. The first-order valence-electron chi connectivity index (χ1n) is 10.1. The molecule has 0 saturated carbocycles. The molecule has 0 bridgehead atoms. The molecule has 7 heteroatoms. The van der Waals surface area contributed by atoms with Gasteiger partial charge in [-0.3, -0.25) is 5.41 Å². The van der Waals surface area contributed by atoms with Crippen LogP contribution in [0.25, 0.3) is 0 Å². The Balaban J connectivity index is 2.48. The number of nitrogens with one attached hydrogen (secondary N) is 2.